The Morgan fingerprint density at radius 1 is 1.24 bits per heavy atom. The summed E-state index contributed by atoms with van der Waals surface area (Å²) in [5.74, 6) is 0.692. The molecule has 3 rings (SSSR count). The van der Waals surface area contributed by atoms with E-state index in [9.17, 15) is 9.50 Å². The van der Waals surface area contributed by atoms with Gasteiger partial charge < -0.3 is 9.63 Å². The highest BCUT2D eigenvalue weighted by atomic mass is 32.2. The molecule has 0 radical (unpaired) electrons. The molecule has 2 heterocycles. The average molecular weight is 303 g/mol. The molecular weight excluding hydrogens is 293 g/mol. The highest BCUT2D eigenvalue weighted by molar-refractivity contribution is 7.98. The van der Waals surface area contributed by atoms with Crippen LogP contribution in [0.1, 0.15) is 5.82 Å². The molecule has 1 aromatic carbocycles. The van der Waals surface area contributed by atoms with E-state index >= 15 is 0 Å². The molecule has 0 saturated heterocycles. The largest absolute Gasteiger partial charge is 0.505 e. The van der Waals surface area contributed by atoms with E-state index in [4.69, 9.17) is 4.52 Å². The van der Waals surface area contributed by atoms with Crippen molar-refractivity contribution in [1.29, 1.82) is 0 Å². The predicted octanol–water partition coefficient (Wildman–Crippen LogP) is 3.27. The first-order valence-corrected chi connectivity index (χ1v) is 7.06. The molecular formula is C14H10FN3O2S. The van der Waals surface area contributed by atoms with E-state index in [0.717, 1.165) is 0 Å². The van der Waals surface area contributed by atoms with Crippen LogP contribution in [0.3, 0.4) is 0 Å². The summed E-state index contributed by atoms with van der Waals surface area (Å²) in [5.41, 5.74) is 0.416. The van der Waals surface area contributed by atoms with Gasteiger partial charge in [-0.1, -0.05) is 17.3 Å². The standard InChI is InChI=1S/C14H10FN3O2S/c15-10-3-1-2-4-12(10)21-8-13-17-14(20-18-13)9-5-6-16-7-11(9)19/h1-7,19H,8H2. The van der Waals surface area contributed by atoms with Crippen molar-refractivity contribution in [3.05, 3.63) is 54.4 Å². The zero-order chi connectivity index (χ0) is 14.7. The van der Waals surface area contributed by atoms with Crippen LogP contribution in [0, 0.1) is 5.82 Å². The zero-order valence-corrected chi connectivity index (χ0v) is 11.5. The SMILES string of the molecule is Oc1cnccc1-c1nc(CSc2ccccc2F)no1. The lowest BCUT2D eigenvalue weighted by atomic mass is 10.2. The Hall–Kier alpha value is -2.41. The number of hydrogen-bond donors (Lipinski definition) is 1. The molecule has 0 aliphatic carbocycles. The summed E-state index contributed by atoms with van der Waals surface area (Å²) >= 11 is 1.28. The Morgan fingerprint density at radius 2 is 2.10 bits per heavy atom. The van der Waals surface area contributed by atoms with Crippen molar-refractivity contribution < 1.29 is 14.0 Å². The second-order valence-corrected chi connectivity index (χ2v) is 5.14. The van der Waals surface area contributed by atoms with E-state index in [1.54, 1.807) is 24.3 Å². The molecule has 0 atom stereocenters. The number of halogens is 1. The first kappa shape index (κ1) is 13.6. The fourth-order valence-corrected chi connectivity index (χ4v) is 2.48. The molecule has 0 amide bonds. The Balaban J connectivity index is 1.74. The van der Waals surface area contributed by atoms with Gasteiger partial charge in [0.15, 0.2) is 5.82 Å². The summed E-state index contributed by atoms with van der Waals surface area (Å²) in [6.45, 7) is 0. The Morgan fingerprint density at radius 3 is 2.90 bits per heavy atom. The molecule has 0 bridgehead atoms. The molecule has 7 heteroatoms. The topological polar surface area (TPSA) is 72.0 Å². The number of aromatic hydroxyl groups is 1. The summed E-state index contributed by atoms with van der Waals surface area (Å²) in [4.78, 5) is 8.48. The van der Waals surface area contributed by atoms with E-state index in [1.807, 2.05) is 0 Å². The third-order valence-electron chi connectivity index (χ3n) is 2.69. The Bertz CT molecular complexity index is 763. The second kappa shape index (κ2) is 5.92. The third kappa shape index (κ3) is 3.03. The van der Waals surface area contributed by atoms with Gasteiger partial charge in [0.1, 0.15) is 11.6 Å². The van der Waals surface area contributed by atoms with Crippen LogP contribution < -0.4 is 0 Å². The molecule has 2 aromatic heterocycles. The maximum atomic E-state index is 13.5. The van der Waals surface area contributed by atoms with E-state index in [1.165, 1.54) is 30.2 Å². The molecule has 0 spiro atoms. The smallest absolute Gasteiger partial charge is 0.261 e. The fraction of sp³-hybridized carbons (Fsp3) is 0.0714. The van der Waals surface area contributed by atoms with Gasteiger partial charge in [0.05, 0.1) is 17.5 Å². The number of nitrogens with zero attached hydrogens (tertiary/aromatic N) is 3. The highest BCUT2D eigenvalue weighted by Gasteiger charge is 2.13. The summed E-state index contributed by atoms with van der Waals surface area (Å²) in [6.07, 6.45) is 2.82. The van der Waals surface area contributed by atoms with Crippen molar-refractivity contribution in [2.24, 2.45) is 0 Å². The van der Waals surface area contributed by atoms with Gasteiger partial charge in [-0.2, -0.15) is 4.98 Å². The number of thioether (sulfide) groups is 1. The average Bonchev–Trinajstić information content (AvgIpc) is 2.96. The van der Waals surface area contributed by atoms with E-state index in [-0.39, 0.29) is 17.5 Å². The van der Waals surface area contributed by atoms with E-state index in [0.29, 0.717) is 22.0 Å². The monoisotopic (exact) mass is 303 g/mol. The molecule has 1 N–H and O–H groups in total. The van der Waals surface area contributed by atoms with Gasteiger partial charge in [0.25, 0.3) is 5.89 Å². The van der Waals surface area contributed by atoms with Crippen LogP contribution in [0.5, 0.6) is 5.75 Å². The zero-order valence-electron chi connectivity index (χ0n) is 10.7. The third-order valence-corrected chi connectivity index (χ3v) is 3.74. The lowest BCUT2D eigenvalue weighted by Gasteiger charge is -1.99. The molecule has 0 aliphatic rings. The number of pyridine rings is 1. The van der Waals surface area contributed by atoms with Gasteiger partial charge in [-0.05, 0) is 18.2 Å². The number of rotatable bonds is 4. The Labute approximate surface area is 123 Å². The molecule has 106 valence electrons. The number of aromatic nitrogens is 3. The minimum absolute atomic E-state index is 0.0329. The molecule has 5 nitrogen and oxygen atoms in total. The molecule has 0 fully saturated rings. The van der Waals surface area contributed by atoms with Crippen LogP contribution in [0.4, 0.5) is 4.39 Å². The van der Waals surface area contributed by atoms with Crippen LogP contribution in [0.25, 0.3) is 11.5 Å². The summed E-state index contributed by atoms with van der Waals surface area (Å²) in [5, 5.41) is 13.5. The minimum Gasteiger partial charge on any atom is -0.505 e. The van der Waals surface area contributed by atoms with Crippen molar-refractivity contribution in [2.75, 3.05) is 0 Å². The highest BCUT2D eigenvalue weighted by Crippen LogP contribution is 2.28. The van der Waals surface area contributed by atoms with E-state index < -0.39 is 0 Å². The summed E-state index contributed by atoms with van der Waals surface area (Å²) < 4.78 is 18.6. The van der Waals surface area contributed by atoms with Crippen LogP contribution in [0.2, 0.25) is 0 Å². The summed E-state index contributed by atoms with van der Waals surface area (Å²) in [6, 6.07) is 8.07. The lowest BCUT2D eigenvalue weighted by Crippen LogP contribution is -1.86. The van der Waals surface area contributed by atoms with Crippen LogP contribution in [0.15, 0.2) is 52.1 Å². The van der Waals surface area contributed by atoms with Crippen molar-refractivity contribution in [3.63, 3.8) is 0 Å². The van der Waals surface area contributed by atoms with Gasteiger partial charge in [-0.25, -0.2) is 4.39 Å². The van der Waals surface area contributed by atoms with Crippen LogP contribution in [-0.2, 0) is 5.75 Å². The van der Waals surface area contributed by atoms with Gasteiger partial charge in [0, 0.05) is 11.1 Å². The fourth-order valence-electron chi connectivity index (χ4n) is 1.69. The lowest BCUT2D eigenvalue weighted by molar-refractivity contribution is 0.419. The first-order chi connectivity index (χ1) is 10.2. The molecule has 3 aromatic rings. The van der Waals surface area contributed by atoms with E-state index in [2.05, 4.69) is 15.1 Å². The number of benzene rings is 1. The van der Waals surface area contributed by atoms with Gasteiger partial charge >= 0.3 is 0 Å². The second-order valence-electron chi connectivity index (χ2n) is 4.13. The maximum Gasteiger partial charge on any atom is 0.261 e. The van der Waals surface area contributed by atoms with Gasteiger partial charge in [-0.15, -0.1) is 11.8 Å². The quantitative estimate of drug-likeness (QED) is 0.746. The number of hydrogen-bond acceptors (Lipinski definition) is 6. The van der Waals surface area contributed by atoms with Crippen molar-refractivity contribution in [2.45, 2.75) is 10.6 Å². The van der Waals surface area contributed by atoms with Crippen LogP contribution >= 0.6 is 11.8 Å². The normalized spacial score (nSPS) is 10.7. The van der Waals surface area contributed by atoms with Gasteiger partial charge in [0.2, 0.25) is 0 Å². The maximum absolute atomic E-state index is 13.5. The van der Waals surface area contributed by atoms with Crippen molar-refractivity contribution in [1.82, 2.24) is 15.1 Å². The molecule has 0 saturated carbocycles. The van der Waals surface area contributed by atoms with Crippen LogP contribution in [-0.4, -0.2) is 20.2 Å². The first-order valence-electron chi connectivity index (χ1n) is 6.07. The molecule has 0 unspecified atom stereocenters. The minimum atomic E-state index is -0.280. The predicted molar refractivity (Wildman–Crippen MR) is 75.2 cm³/mol. The van der Waals surface area contributed by atoms with Crippen molar-refractivity contribution in [3.8, 4) is 17.2 Å². The molecule has 0 aliphatic heterocycles. The Kier molecular flexibility index (Phi) is 3.83. The van der Waals surface area contributed by atoms with Gasteiger partial charge in [-0.3, -0.25) is 4.98 Å². The van der Waals surface area contributed by atoms with Crippen molar-refractivity contribution >= 4 is 11.8 Å². The molecule has 21 heavy (non-hydrogen) atoms. The summed E-state index contributed by atoms with van der Waals surface area (Å²) in [7, 11) is 0.